The zero-order valence-electron chi connectivity index (χ0n) is 19.3. The second-order valence-corrected chi connectivity index (χ2v) is 8.98. The third kappa shape index (κ3) is 6.16. The standard InChI is InChI=1S/C26H19BrClN3O6/c1-36-19-9-5-17(6-10-19)29-23(32)14-37-22-11-2-15(13-21(22)27)12-20-24(33)30-26(35)31(25(20)34)18-7-3-16(28)4-8-18/h2-13H,14H2,1H3,(H,29,32)(H,30,33,35)/b20-12-. The maximum absolute atomic E-state index is 13.0. The van der Waals surface area contributed by atoms with Gasteiger partial charge in [-0.05, 0) is 88.2 Å². The molecule has 0 aromatic heterocycles. The first-order chi connectivity index (χ1) is 17.7. The van der Waals surface area contributed by atoms with E-state index in [9.17, 15) is 19.2 Å². The minimum atomic E-state index is -0.854. The largest absolute Gasteiger partial charge is 0.497 e. The molecule has 0 unspecified atom stereocenters. The van der Waals surface area contributed by atoms with E-state index in [1.165, 1.54) is 30.3 Å². The molecule has 9 nitrogen and oxygen atoms in total. The van der Waals surface area contributed by atoms with Crippen LogP contribution in [-0.4, -0.2) is 37.5 Å². The average molecular weight is 585 g/mol. The van der Waals surface area contributed by atoms with Crippen molar-refractivity contribution in [2.24, 2.45) is 0 Å². The number of carbonyl (C=O) groups excluding carboxylic acids is 4. The molecule has 3 aromatic rings. The summed E-state index contributed by atoms with van der Waals surface area (Å²) in [6, 6.07) is 16.9. The first-order valence-corrected chi connectivity index (χ1v) is 12.0. The van der Waals surface area contributed by atoms with Crippen LogP contribution in [0.15, 0.2) is 76.8 Å². The van der Waals surface area contributed by atoms with Crippen molar-refractivity contribution < 1.29 is 28.7 Å². The molecule has 188 valence electrons. The Kier molecular flexibility index (Phi) is 7.90. The first kappa shape index (κ1) is 25.9. The van der Waals surface area contributed by atoms with Crippen LogP contribution in [0.5, 0.6) is 11.5 Å². The summed E-state index contributed by atoms with van der Waals surface area (Å²) in [4.78, 5) is 50.8. The number of nitrogens with one attached hydrogen (secondary N) is 2. The summed E-state index contributed by atoms with van der Waals surface area (Å²) in [6.45, 7) is -0.246. The number of urea groups is 1. The Morgan fingerprint density at radius 1 is 1.05 bits per heavy atom. The zero-order valence-corrected chi connectivity index (χ0v) is 21.6. The van der Waals surface area contributed by atoms with E-state index < -0.39 is 17.8 Å². The molecule has 1 aliphatic rings. The van der Waals surface area contributed by atoms with Gasteiger partial charge in [-0.2, -0.15) is 0 Å². The number of carbonyl (C=O) groups is 4. The first-order valence-electron chi connectivity index (χ1n) is 10.8. The lowest BCUT2D eigenvalue weighted by atomic mass is 10.1. The van der Waals surface area contributed by atoms with Gasteiger partial charge < -0.3 is 14.8 Å². The number of nitrogens with zero attached hydrogens (tertiary/aromatic N) is 1. The van der Waals surface area contributed by atoms with E-state index in [1.54, 1.807) is 49.6 Å². The molecule has 0 atom stereocenters. The summed E-state index contributed by atoms with van der Waals surface area (Å²) in [7, 11) is 1.56. The highest BCUT2D eigenvalue weighted by molar-refractivity contribution is 9.10. The number of benzene rings is 3. The Morgan fingerprint density at radius 2 is 1.76 bits per heavy atom. The van der Waals surface area contributed by atoms with Crippen LogP contribution in [0.4, 0.5) is 16.2 Å². The van der Waals surface area contributed by atoms with Crippen LogP contribution in [0.1, 0.15) is 5.56 Å². The van der Waals surface area contributed by atoms with Gasteiger partial charge in [-0.3, -0.25) is 19.7 Å². The normalized spacial score (nSPS) is 14.4. The molecule has 2 N–H and O–H groups in total. The molecule has 1 heterocycles. The Balaban J connectivity index is 1.45. The fourth-order valence-electron chi connectivity index (χ4n) is 3.39. The van der Waals surface area contributed by atoms with Crippen molar-refractivity contribution in [2.45, 2.75) is 0 Å². The number of hydrogen-bond donors (Lipinski definition) is 2. The number of barbiturate groups is 1. The van der Waals surface area contributed by atoms with E-state index in [0.29, 0.717) is 32.2 Å². The molecule has 0 bridgehead atoms. The fourth-order valence-corrected chi connectivity index (χ4v) is 4.02. The van der Waals surface area contributed by atoms with E-state index in [2.05, 4.69) is 26.6 Å². The topological polar surface area (TPSA) is 114 Å². The van der Waals surface area contributed by atoms with Gasteiger partial charge >= 0.3 is 6.03 Å². The lowest BCUT2D eigenvalue weighted by Gasteiger charge is -2.26. The van der Waals surface area contributed by atoms with Gasteiger partial charge in [0, 0.05) is 10.7 Å². The summed E-state index contributed by atoms with van der Waals surface area (Å²) in [5, 5.41) is 5.32. The Hall–Kier alpha value is -4.15. The minimum Gasteiger partial charge on any atom is -0.497 e. The number of anilines is 2. The van der Waals surface area contributed by atoms with Gasteiger partial charge in [-0.1, -0.05) is 17.7 Å². The van der Waals surface area contributed by atoms with Gasteiger partial charge in [0.15, 0.2) is 6.61 Å². The highest BCUT2D eigenvalue weighted by Gasteiger charge is 2.36. The van der Waals surface area contributed by atoms with Crippen LogP contribution in [-0.2, 0) is 14.4 Å². The van der Waals surface area contributed by atoms with Gasteiger partial charge in [-0.15, -0.1) is 0 Å². The van der Waals surface area contributed by atoms with Crippen molar-refractivity contribution in [3.05, 3.63) is 87.4 Å². The molecule has 4 rings (SSSR count). The van der Waals surface area contributed by atoms with Crippen LogP contribution >= 0.6 is 27.5 Å². The summed E-state index contributed by atoms with van der Waals surface area (Å²) in [5.74, 6) is -0.899. The number of ether oxygens (including phenoxy) is 2. The molecule has 3 aromatic carbocycles. The molecule has 0 radical (unpaired) electrons. The van der Waals surface area contributed by atoms with Crippen LogP contribution in [0, 0.1) is 0 Å². The third-order valence-corrected chi connectivity index (χ3v) is 6.06. The molecule has 0 spiro atoms. The number of hydrogen-bond acceptors (Lipinski definition) is 6. The van der Waals surface area contributed by atoms with Crippen molar-refractivity contribution in [3.8, 4) is 11.5 Å². The van der Waals surface area contributed by atoms with E-state index >= 15 is 0 Å². The highest BCUT2D eigenvalue weighted by Crippen LogP contribution is 2.28. The number of amides is 5. The number of imide groups is 2. The number of methoxy groups -OCH3 is 1. The predicted octanol–water partition coefficient (Wildman–Crippen LogP) is 4.80. The third-order valence-electron chi connectivity index (χ3n) is 5.19. The number of halogens is 2. The maximum atomic E-state index is 13.0. The summed E-state index contributed by atoms with van der Waals surface area (Å²) in [6.07, 6.45) is 1.36. The summed E-state index contributed by atoms with van der Waals surface area (Å²) < 4.78 is 11.2. The molecular formula is C26H19BrClN3O6. The number of rotatable bonds is 7. The molecule has 0 aliphatic carbocycles. The molecule has 37 heavy (non-hydrogen) atoms. The lowest BCUT2D eigenvalue weighted by molar-refractivity contribution is -0.122. The SMILES string of the molecule is COc1ccc(NC(=O)COc2ccc(/C=C3/C(=O)NC(=O)N(c4ccc(Cl)cc4)C3=O)cc2Br)cc1. The quantitative estimate of drug-likeness (QED) is 0.305. The molecule has 1 fully saturated rings. The Labute approximate surface area is 225 Å². The van der Waals surface area contributed by atoms with Crippen LogP contribution in [0.2, 0.25) is 5.02 Å². The van der Waals surface area contributed by atoms with Crippen LogP contribution in [0.25, 0.3) is 6.08 Å². The van der Waals surface area contributed by atoms with Gasteiger partial charge in [-0.25, -0.2) is 9.69 Å². The van der Waals surface area contributed by atoms with Crippen LogP contribution in [0.3, 0.4) is 0 Å². The van der Waals surface area contributed by atoms with Crippen molar-refractivity contribution in [1.29, 1.82) is 0 Å². The van der Waals surface area contributed by atoms with Crippen molar-refractivity contribution >= 4 is 68.7 Å². The van der Waals surface area contributed by atoms with Gasteiger partial charge in [0.05, 0.1) is 17.3 Å². The molecular weight excluding hydrogens is 566 g/mol. The monoisotopic (exact) mass is 583 g/mol. The lowest BCUT2D eigenvalue weighted by Crippen LogP contribution is -2.54. The van der Waals surface area contributed by atoms with Gasteiger partial charge in [0.25, 0.3) is 17.7 Å². The van der Waals surface area contributed by atoms with Gasteiger partial charge in [0.2, 0.25) is 0 Å². The minimum absolute atomic E-state index is 0.228. The smallest absolute Gasteiger partial charge is 0.335 e. The van der Waals surface area contributed by atoms with Crippen LogP contribution < -0.4 is 25.0 Å². The maximum Gasteiger partial charge on any atom is 0.335 e. The Bertz CT molecular complexity index is 1410. The van der Waals surface area contributed by atoms with E-state index in [4.69, 9.17) is 21.1 Å². The highest BCUT2D eigenvalue weighted by atomic mass is 79.9. The van der Waals surface area contributed by atoms with Crippen molar-refractivity contribution in [3.63, 3.8) is 0 Å². The molecule has 0 saturated carbocycles. The second kappa shape index (κ2) is 11.3. The molecule has 1 aliphatic heterocycles. The van der Waals surface area contributed by atoms with E-state index in [0.717, 1.165) is 4.90 Å². The van der Waals surface area contributed by atoms with Crippen molar-refractivity contribution in [1.82, 2.24) is 5.32 Å². The second-order valence-electron chi connectivity index (χ2n) is 7.69. The Morgan fingerprint density at radius 3 is 2.41 bits per heavy atom. The van der Waals surface area contributed by atoms with E-state index in [1.807, 2.05) is 0 Å². The summed E-state index contributed by atoms with van der Waals surface area (Å²) >= 11 is 9.26. The van der Waals surface area contributed by atoms with E-state index in [-0.39, 0.29) is 23.8 Å². The zero-order chi connectivity index (χ0) is 26.5. The predicted molar refractivity (Wildman–Crippen MR) is 142 cm³/mol. The molecule has 5 amide bonds. The molecule has 1 saturated heterocycles. The fraction of sp³-hybridized carbons (Fsp3) is 0.0769. The average Bonchev–Trinajstić information content (AvgIpc) is 2.87. The summed E-state index contributed by atoms with van der Waals surface area (Å²) in [5.41, 5.74) is 1.12. The van der Waals surface area contributed by atoms with Gasteiger partial charge in [0.1, 0.15) is 17.1 Å². The molecule has 11 heteroatoms. The van der Waals surface area contributed by atoms with Crippen molar-refractivity contribution in [2.75, 3.05) is 23.9 Å².